The van der Waals surface area contributed by atoms with Gasteiger partial charge in [0.1, 0.15) is 0 Å². The molecule has 1 fully saturated rings. The van der Waals surface area contributed by atoms with Gasteiger partial charge < -0.3 is 25.0 Å². The number of rotatable bonds is 4. The van der Waals surface area contributed by atoms with Crippen LogP contribution >= 0.6 is 0 Å². The smallest absolute Gasteiger partial charge is 0.224 e. The van der Waals surface area contributed by atoms with E-state index in [0.29, 0.717) is 60.4 Å². The van der Waals surface area contributed by atoms with Gasteiger partial charge in [-0.25, -0.2) is 9.97 Å². The molecule has 0 bridgehead atoms. The number of hydrogen-bond donors (Lipinski definition) is 1. The van der Waals surface area contributed by atoms with Gasteiger partial charge in [0.05, 0.1) is 26.1 Å². The summed E-state index contributed by atoms with van der Waals surface area (Å²) < 4.78 is 10.7. The maximum absolute atomic E-state index is 11.6. The van der Waals surface area contributed by atoms with Gasteiger partial charge in [0.25, 0.3) is 0 Å². The summed E-state index contributed by atoms with van der Waals surface area (Å²) in [5, 5.41) is 0. The zero-order valence-electron chi connectivity index (χ0n) is 17.1. The predicted octanol–water partition coefficient (Wildman–Crippen LogP) is 1.35. The maximum Gasteiger partial charge on any atom is 0.224 e. The van der Waals surface area contributed by atoms with Crippen LogP contribution in [-0.4, -0.2) is 71.1 Å². The normalized spacial score (nSPS) is 14.1. The van der Waals surface area contributed by atoms with E-state index in [1.807, 2.05) is 23.1 Å². The van der Waals surface area contributed by atoms with Crippen LogP contribution in [0.25, 0.3) is 22.4 Å². The summed E-state index contributed by atoms with van der Waals surface area (Å²) in [6.45, 7) is 4.07. The molecule has 10 heteroatoms. The molecule has 2 aromatic heterocycles. The zero-order valence-corrected chi connectivity index (χ0v) is 17.1. The Bertz CT molecular complexity index is 1100. The van der Waals surface area contributed by atoms with E-state index in [0.717, 1.165) is 5.56 Å². The van der Waals surface area contributed by atoms with Crippen LogP contribution < -0.4 is 20.1 Å². The number of methoxy groups -OCH3 is 2. The molecular formula is C20H23N7O3. The van der Waals surface area contributed by atoms with E-state index >= 15 is 0 Å². The predicted molar refractivity (Wildman–Crippen MR) is 113 cm³/mol. The molecule has 4 rings (SSSR count). The number of nitrogens with two attached hydrogens (primary N) is 1. The van der Waals surface area contributed by atoms with E-state index in [1.54, 1.807) is 27.3 Å². The fourth-order valence-corrected chi connectivity index (χ4v) is 3.50. The van der Waals surface area contributed by atoms with E-state index in [2.05, 4.69) is 19.9 Å². The Morgan fingerprint density at radius 3 is 2.43 bits per heavy atom. The molecule has 1 amide bonds. The summed E-state index contributed by atoms with van der Waals surface area (Å²) in [7, 11) is 3.18. The molecule has 0 radical (unpaired) electrons. The van der Waals surface area contributed by atoms with Gasteiger partial charge in [-0.2, -0.15) is 9.97 Å². The van der Waals surface area contributed by atoms with Crippen molar-refractivity contribution in [1.82, 2.24) is 24.8 Å². The first kappa shape index (κ1) is 19.6. The van der Waals surface area contributed by atoms with Gasteiger partial charge in [-0.15, -0.1) is 0 Å². The van der Waals surface area contributed by atoms with Crippen LogP contribution in [0.1, 0.15) is 6.92 Å². The van der Waals surface area contributed by atoms with Crippen molar-refractivity contribution in [3.8, 4) is 22.8 Å². The highest BCUT2D eigenvalue weighted by molar-refractivity contribution is 5.86. The van der Waals surface area contributed by atoms with Gasteiger partial charge in [0, 0.05) is 38.7 Å². The molecule has 1 aliphatic heterocycles. The summed E-state index contributed by atoms with van der Waals surface area (Å²) in [4.78, 5) is 33.4. The van der Waals surface area contributed by atoms with Crippen LogP contribution in [0.2, 0.25) is 0 Å². The van der Waals surface area contributed by atoms with Crippen LogP contribution in [0, 0.1) is 0 Å². The van der Waals surface area contributed by atoms with Gasteiger partial charge in [-0.1, -0.05) is 0 Å². The first-order chi connectivity index (χ1) is 14.5. The monoisotopic (exact) mass is 409 g/mol. The van der Waals surface area contributed by atoms with Crippen molar-refractivity contribution >= 4 is 28.8 Å². The van der Waals surface area contributed by atoms with E-state index in [1.165, 1.54) is 0 Å². The van der Waals surface area contributed by atoms with Crippen molar-refractivity contribution in [2.24, 2.45) is 0 Å². The highest BCUT2D eigenvalue weighted by Gasteiger charge is 2.23. The van der Waals surface area contributed by atoms with Crippen LogP contribution in [0.4, 0.5) is 11.8 Å². The molecule has 3 heterocycles. The van der Waals surface area contributed by atoms with Crippen LogP contribution in [0.15, 0.2) is 24.4 Å². The molecule has 2 N–H and O–H groups in total. The minimum Gasteiger partial charge on any atom is -0.493 e. The maximum atomic E-state index is 11.6. The van der Waals surface area contributed by atoms with Gasteiger partial charge in [-0.05, 0) is 18.2 Å². The lowest BCUT2D eigenvalue weighted by molar-refractivity contribution is -0.129. The summed E-state index contributed by atoms with van der Waals surface area (Å²) >= 11 is 0. The number of carbonyl (C=O) groups excluding carboxylic acids is 1. The third kappa shape index (κ3) is 3.63. The number of benzene rings is 1. The number of hydrogen-bond acceptors (Lipinski definition) is 9. The second-order valence-corrected chi connectivity index (χ2v) is 6.90. The Kier molecular flexibility index (Phi) is 5.21. The molecule has 1 aliphatic rings. The fraction of sp³-hybridized carbons (Fsp3) is 0.350. The SMILES string of the molecule is COc1ccc(-c2cnc3nc(N)nc(N4CCN(C(C)=O)CC4)c3n2)cc1OC. The molecule has 10 nitrogen and oxygen atoms in total. The second-order valence-electron chi connectivity index (χ2n) is 6.90. The first-order valence-electron chi connectivity index (χ1n) is 9.53. The quantitative estimate of drug-likeness (QED) is 0.681. The number of aromatic nitrogens is 4. The van der Waals surface area contributed by atoms with Crippen molar-refractivity contribution < 1.29 is 14.3 Å². The minimum atomic E-state index is 0.0669. The molecule has 0 saturated carbocycles. The van der Waals surface area contributed by atoms with Gasteiger partial charge >= 0.3 is 0 Å². The Hall–Kier alpha value is -3.69. The number of nitrogen functional groups attached to an aromatic ring is 1. The lowest BCUT2D eigenvalue weighted by Gasteiger charge is -2.35. The van der Waals surface area contributed by atoms with Crippen molar-refractivity contribution in [3.63, 3.8) is 0 Å². The molecule has 30 heavy (non-hydrogen) atoms. The Balaban J connectivity index is 1.75. The zero-order chi connectivity index (χ0) is 21.3. The Labute approximate surface area is 173 Å². The lowest BCUT2D eigenvalue weighted by Crippen LogP contribution is -2.48. The van der Waals surface area contributed by atoms with Crippen molar-refractivity contribution in [2.75, 3.05) is 51.0 Å². The fourth-order valence-electron chi connectivity index (χ4n) is 3.50. The van der Waals surface area contributed by atoms with E-state index in [9.17, 15) is 4.79 Å². The Morgan fingerprint density at radius 2 is 1.77 bits per heavy atom. The van der Waals surface area contributed by atoms with Crippen molar-refractivity contribution in [3.05, 3.63) is 24.4 Å². The molecule has 0 atom stereocenters. The third-order valence-corrected chi connectivity index (χ3v) is 5.11. The molecule has 3 aromatic rings. The van der Waals surface area contributed by atoms with Gasteiger partial charge in [0.15, 0.2) is 28.5 Å². The number of piperazine rings is 1. The minimum absolute atomic E-state index is 0.0669. The van der Waals surface area contributed by atoms with Crippen LogP contribution in [0.5, 0.6) is 11.5 Å². The third-order valence-electron chi connectivity index (χ3n) is 5.11. The average Bonchev–Trinajstić information content (AvgIpc) is 2.77. The molecular weight excluding hydrogens is 386 g/mol. The molecule has 156 valence electrons. The lowest BCUT2D eigenvalue weighted by atomic mass is 10.1. The molecule has 1 saturated heterocycles. The number of nitrogens with zero attached hydrogens (tertiary/aromatic N) is 6. The van der Waals surface area contributed by atoms with Gasteiger partial charge in [-0.3, -0.25) is 4.79 Å². The average molecular weight is 409 g/mol. The standard InChI is InChI=1S/C20H23N7O3/c1-12(28)26-6-8-27(9-7-26)19-17-18(24-20(21)25-19)22-11-14(23-17)13-4-5-15(29-2)16(10-13)30-3/h4-5,10-11H,6-9H2,1-3H3,(H2,21,22,24,25). The summed E-state index contributed by atoms with van der Waals surface area (Å²) in [6, 6.07) is 5.56. The van der Waals surface area contributed by atoms with E-state index < -0.39 is 0 Å². The highest BCUT2D eigenvalue weighted by atomic mass is 16.5. The number of amides is 1. The topological polar surface area (TPSA) is 120 Å². The number of ether oxygens (including phenoxy) is 2. The second kappa shape index (κ2) is 7.97. The molecule has 0 spiro atoms. The number of anilines is 2. The van der Waals surface area contributed by atoms with Crippen molar-refractivity contribution in [1.29, 1.82) is 0 Å². The number of carbonyl (C=O) groups is 1. The molecule has 0 aliphatic carbocycles. The van der Waals surface area contributed by atoms with Crippen LogP contribution in [0.3, 0.4) is 0 Å². The summed E-state index contributed by atoms with van der Waals surface area (Å²) in [6.07, 6.45) is 1.65. The molecule has 0 unspecified atom stereocenters. The molecule has 1 aromatic carbocycles. The van der Waals surface area contributed by atoms with E-state index in [4.69, 9.17) is 20.2 Å². The number of fused-ring (bicyclic) bond motifs is 1. The largest absolute Gasteiger partial charge is 0.493 e. The summed E-state index contributed by atoms with van der Waals surface area (Å²) in [5.41, 5.74) is 8.38. The summed E-state index contributed by atoms with van der Waals surface area (Å²) in [5.74, 6) is 2.06. The Morgan fingerprint density at radius 1 is 1.03 bits per heavy atom. The van der Waals surface area contributed by atoms with Crippen LogP contribution in [-0.2, 0) is 4.79 Å². The van der Waals surface area contributed by atoms with E-state index in [-0.39, 0.29) is 11.9 Å². The first-order valence-corrected chi connectivity index (χ1v) is 9.53. The van der Waals surface area contributed by atoms with Gasteiger partial charge in [0.2, 0.25) is 11.9 Å². The highest BCUT2D eigenvalue weighted by Crippen LogP contribution is 2.32. The van der Waals surface area contributed by atoms with Crippen molar-refractivity contribution in [2.45, 2.75) is 6.92 Å².